The summed E-state index contributed by atoms with van der Waals surface area (Å²) in [6, 6.07) is 13.5. The van der Waals surface area contributed by atoms with Gasteiger partial charge in [0.05, 0.1) is 11.4 Å². The Morgan fingerprint density at radius 2 is 1.83 bits per heavy atom. The highest BCUT2D eigenvalue weighted by molar-refractivity contribution is 7.90. The summed E-state index contributed by atoms with van der Waals surface area (Å²) in [5.41, 5.74) is 3.18. The Morgan fingerprint density at radius 1 is 1.14 bits per heavy atom. The monoisotopic (exact) mass is 433 g/mol. The molecule has 0 radical (unpaired) electrons. The molecular weight excluding hydrogens is 406 g/mol. The topological polar surface area (TPSA) is 70.6 Å². The fraction of sp³-hybridized carbons (Fsp3) is 0.409. The highest BCUT2D eigenvalue weighted by atomic mass is 35.5. The summed E-state index contributed by atoms with van der Waals surface area (Å²) in [6.07, 6.45) is 3.52. The Kier molecular flexibility index (Phi) is 6.54. The van der Waals surface area contributed by atoms with E-state index in [2.05, 4.69) is 27.8 Å². The number of sulfone groups is 1. The number of halogens is 1. The van der Waals surface area contributed by atoms with Gasteiger partial charge in [0, 0.05) is 29.8 Å². The number of hydrogen-bond acceptors (Lipinski definition) is 3. The Hall–Kier alpha value is -2.05. The molecule has 1 saturated carbocycles. The fourth-order valence-electron chi connectivity index (χ4n) is 3.51. The molecule has 0 amide bonds. The van der Waals surface area contributed by atoms with Crippen molar-refractivity contribution in [1.29, 1.82) is 0 Å². The van der Waals surface area contributed by atoms with Gasteiger partial charge in [0.1, 0.15) is 0 Å². The van der Waals surface area contributed by atoms with Gasteiger partial charge >= 0.3 is 0 Å². The van der Waals surface area contributed by atoms with Crippen molar-refractivity contribution in [3.63, 3.8) is 0 Å². The second-order valence-corrected chi connectivity index (χ2v) is 10.1. The van der Waals surface area contributed by atoms with Crippen molar-refractivity contribution in [3.05, 3.63) is 64.2 Å². The summed E-state index contributed by atoms with van der Waals surface area (Å²) < 4.78 is 23.6. The van der Waals surface area contributed by atoms with E-state index in [1.54, 1.807) is 6.07 Å². The molecule has 0 aliphatic heterocycles. The maximum Gasteiger partial charge on any atom is 0.191 e. The van der Waals surface area contributed by atoms with Gasteiger partial charge in [-0.2, -0.15) is 0 Å². The Balaban J connectivity index is 1.67. The zero-order valence-corrected chi connectivity index (χ0v) is 18.7. The molecule has 1 fully saturated rings. The molecule has 156 valence electrons. The van der Waals surface area contributed by atoms with Crippen LogP contribution in [-0.2, 0) is 21.8 Å². The van der Waals surface area contributed by atoms with Crippen LogP contribution in [0.25, 0.3) is 0 Å². The number of rotatable bonds is 7. The van der Waals surface area contributed by atoms with E-state index in [4.69, 9.17) is 11.6 Å². The van der Waals surface area contributed by atoms with Gasteiger partial charge in [0.15, 0.2) is 15.8 Å². The first-order chi connectivity index (χ1) is 13.7. The summed E-state index contributed by atoms with van der Waals surface area (Å²) in [5.74, 6) is 0.762. The standard InChI is InChI=1S/C22H28ClN3O2S/c1-4-24-21(25-14-17-5-10-20(16(2)13-17)29(3,27)28)26-15-22(11-12-22)18-6-8-19(23)9-7-18/h5-10,13H,4,11-12,14-15H2,1-3H3,(H2,24,25,26). The van der Waals surface area contributed by atoms with Crippen molar-refractivity contribution >= 4 is 27.4 Å². The summed E-state index contributed by atoms with van der Waals surface area (Å²) in [5, 5.41) is 7.51. The molecule has 5 nitrogen and oxygen atoms in total. The van der Waals surface area contributed by atoms with Gasteiger partial charge in [0.2, 0.25) is 0 Å². The third-order valence-electron chi connectivity index (χ3n) is 5.31. The van der Waals surface area contributed by atoms with Crippen molar-refractivity contribution in [2.45, 2.75) is 43.5 Å². The van der Waals surface area contributed by atoms with Gasteiger partial charge in [-0.3, -0.25) is 0 Å². The minimum absolute atomic E-state index is 0.147. The van der Waals surface area contributed by atoms with Gasteiger partial charge in [-0.25, -0.2) is 13.4 Å². The first-order valence-corrected chi connectivity index (χ1v) is 12.1. The molecule has 0 bridgehead atoms. The number of benzene rings is 2. The molecule has 2 aromatic carbocycles. The van der Waals surface area contributed by atoms with E-state index < -0.39 is 9.84 Å². The smallest absolute Gasteiger partial charge is 0.191 e. The number of hydrogen-bond donors (Lipinski definition) is 2. The number of aryl methyl sites for hydroxylation is 1. The molecule has 2 N–H and O–H groups in total. The zero-order chi connectivity index (χ0) is 21.1. The number of aliphatic imine (C=N–C) groups is 1. The van der Waals surface area contributed by atoms with Crippen LogP contribution in [0.3, 0.4) is 0 Å². The Bertz CT molecular complexity index is 997. The van der Waals surface area contributed by atoms with Gasteiger partial charge in [-0.1, -0.05) is 35.9 Å². The van der Waals surface area contributed by atoms with E-state index >= 15 is 0 Å². The van der Waals surface area contributed by atoms with Crippen LogP contribution in [-0.4, -0.2) is 33.7 Å². The van der Waals surface area contributed by atoms with Gasteiger partial charge < -0.3 is 10.6 Å². The minimum Gasteiger partial charge on any atom is -0.357 e. The van der Waals surface area contributed by atoms with Crippen LogP contribution in [0.15, 0.2) is 52.4 Å². The summed E-state index contributed by atoms with van der Waals surface area (Å²) >= 11 is 6.02. The molecule has 0 heterocycles. The first kappa shape index (κ1) is 21.7. The van der Waals surface area contributed by atoms with Gasteiger partial charge in [-0.15, -0.1) is 0 Å². The lowest BCUT2D eigenvalue weighted by molar-refractivity contribution is 0.601. The van der Waals surface area contributed by atoms with Gasteiger partial charge in [0.25, 0.3) is 0 Å². The van der Waals surface area contributed by atoms with E-state index in [1.165, 1.54) is 11.8 Å². The molecule has 0 aromatic heterocycles. The summed E-state index contributed by atoms with van der Waals surface area (Å²) in [4.78, 5) is 5.05. The maximum absolute atomic E-state index is 11.8. The lowest BCUT2D eigenvalue weighted by atomic mass is 9.96. The van der Waals surface area contributed by atoms with Crippen LogP contribution >= 0.6 is 11.6 Å². The average molecular weight is 434 g/mol. The van der Waals surface area contributed by atoms with Crippen molar-refractivity contribution in [2.24, 2.45) is 4.99 Å². The van der Waals surface area contributed by atoms with Crippen LogP contribution in [0.4, 0.5) is 0 Å². The molecule has 0 saturated heterocycles. The van der Waals surface area contributed by atoms with E-state index in [1.807, 2.05) is 38.1 Å². The summed E-state index contributed by atoms with van der Waals surface area (Å²) in [6.45, 7) is 5.91. The number of guanidine groups is 1. The van der Waals surface area contributed by atoms with Crippen LogP contribution in [0.5, 0.6) is 0 Å². The van der Waals surface area contributed by atoms with Crippen molar-refractivity contribution < 1.29 is 8.42 Å². The SMILES string of the molecule is CCNC(=NCc1ccc(S(C)(=O)=O)c(C)c1)NCC1(c2ccc(Cl)cc2)CC1. The van der Waals surface area contributed by atoms with Crippen LogP contribution in [0, 0.1) is 6.92 Å². The molecule has 1 aliphatic carbocycles. The fourth-order valence-corrected chi connectivity index (χ4v) is 4.60. The Morgan fingerprint density at radius 3 is 2.38 bits per heavy atom. The van der Waals surface area contributed by atoms with Gasteiger partial charge in [-0.05, 0) is 61.6 Å². The highest BCUT2D eigenvalue weighted by Gasteiger charge is 2.44. The minimum atomic E-state index is -3.21. The van der Waals surface area contributed by atoms with Crippen LogP contribution in [0.1, 0.15) is 36.5 Å². The molecule has 3 rings (SSSR count). The Labute approximate surface area is 178 Å². The van der Waals surface area contributed by atoms with E-state index in [9.17, 15) is 8.42 Å². The first-order valence-electron chi connectivity index (χ1n) is 9.81. The van der Waals surface area contributed by atoms with Crippen LogP contribution in [0.2, 0.25) is 5.02 Å². The normalized spacial score (nSPS) is 15.8. The predicted octanol–water partition coefficient (Wildman–Crippen LogP) is 3.84. The summed E-state index contributed by atoms with van der Waals surface area (Å²) in [7, 11) is -3.21. The highest BCUT2D eigenvalue weighted by Crippen LogP contribution is 2.47. The molecule has 2 aromatic rings. The average Bonchev–Trinajstić information content (AvgIpc) is 3.44. The molecule has 0 spiro atoms. The zero-order valence-electron chi connectivity index (χ0n) is 17.1. The second-order valence-electron chi connectivity index (χ2n) is 7.71. The third-order valence-corrected chi connectivity index (χ3v) is 6.82. The lowest BCUT2D eigenvalue weighted by Crippen LogP contribution is -2.41. The molecule has 29 heavy (non-hydrogen) atoms. The van der Waals surface area contributed by atoms with E-state index in [0.717, 1.165) is 48.0 Å². The second kappa shape index (κ2) is 8.76. The largest absolute Gasteiger partial charge is 0.357 e. The maximum atomic E-state index is 11.8. The van der Waals surface area contributed by atoms with Crippen molar-refractivity contribution in [2.75, 3.05) is 19.3 Å². The van der Waals surface area contributed by atoms with Crippen molar-refractivity contribution in [3.8, 4) is 0 Å². The van der Waals surface area contributed by atoms with Crippen LogP contribution < -0.4 is 10.6 Å². The molecular formula is C22H28ClN3O2S. The number of nitrogens with one attached hydrogen (secondary N) is 2. The molecule has 7 heteroatoms. The third kappa shape index (κ3) is 5.52. The molecule has 1 aliphatic rings. The van der Waals surface area contributed by atoms with E-state index in [0.29, 0.717) is 11.4 Å². The number of nitrogens with zero attached hydrogens (tertiary/aromatic N) is 1. The predicted molar refractivity (Wildman–Crippen MR) is 119 cm³/mol. The molecule has 0 atom stereocenters. The molecule has 0 unspecified atom stereocenters. The van der Waals surface area contributed by atoms with Crippen molar-refractivity contribution in [1.82, 2.24) is 10.6 Å². The lowest BCUT2D eigenvalue weighted by Gasteiger charge is -2.19. The quantitative estimate of drug-likeness (QED) is 0.514. The van der Waals surface area contributed by atoms with E-state index in [-0.39, 0.29) is 5.41 Å².